The first-order chi connectivity index (χ1) is 15.1. The lowest BCUT2D eigenvalue weighted by Crippen LogP contribution is -2.47. The molecule has 0 amide bonds. The Labute approximate surface area is 190 Å². The normalized spacial score (nSPS) is 14.3. The van der Waals surface area contributed by atoms with Crippen molar-refractivity contribution < 1.29 is 4.74 Å². The monoisotopic (exact) mass is 450 g/mol. The molecule has 5 nitrogen and oxygen atoms in total. The fourth-order valence-electron chi connectivity index (χ4n) is 4.11. The molecule has 0 radical (unpaired) electrons. The van der Waals surface area contributed by atoms with Gasteiger partial charge in [-0.2, -0.15) is 4.98 Å². The summed E-state index contributed by atoms with van der Waals surface area (Å²) in [6.45, 7) is 5.78. The second-order valence-electron chi connectivity index (χ2n) is 7.69. The number of fused-ring (bicyclic) bond motifs is 1. The number of anilines is 2. The summed E-state index contributed by atoms with van der Waals surface area (Å²) in [7, 11) is 1.68. The first kappa shape index (κ1) is 20.1. The molecular formula is C24H23ClN4OS. The number of nitrogens with zero attached hydrogens (tertiary/aromatic N) is 4. The van der Waals surface area contributed by atoms with Crippen LogP contribution in [0.1, 0.15) is 5.56 Å². The van der Waals surface area contributed by atoms with E-state index in [2.05, 4.69) is 68.5 Å². The molecule has 3 heterocycles. The summed E-state index contributed by atoms with van der Waals surface area (Å²) in [6.07, 6.45) is 0. The van der Waals surface area contributed by atoms with Gasteiger partial charge in [0.2, 0.25) is 5.28 Å². The molecule has 0 N–H and O–H groups in total. The number of benzene rings is 2. The topological polar surface area (TPSA) is 41.5 Å². The average Bonchev–Trinajstić information content (AvgIpc) is 3.22. The Bertz CT molecular complexity index is 1220. The number of rotatable bonds is 4. The van der Waals surface area contributed by atoms with Gasteiger partial charge in [-0.05, 0) is 53.9 Å². The number of aromatic nitrogens is 2. The summed E-state index contributed by atoms with van der Waals surface area (Å²) in [6, 6.07) is 16.8. The maximum absolute atomic E-state index is 6.31. The number of piperazine rings is 1. The standard InChI is InChI=1S/C24H23ClN4OS/c1-16-4-3-5-18(14-16)28-10-12-29(13-11-28)22-21-20(15-31-23(21)27-24(25)26-22)17-6-8-19(30-2)9-7-17/h3-9,14-15H,10-13H2,1-2H3. The van der Waals surface area contributed by atoms with E-state index in [0.717, 1.165) is 59.1 Å². The highest BCUT2D eigenvalue weighted by atomic mass is 35.5. The molecule has 1 saturated heterocycles. The zero-order valence-electron chi connectivity index (χ0n) is 17.5. The Hall–Kier alpha value is -2.83. The fourth-order valence-corrected chi connectivity index (χ4v) is 5.27. The third-order valence-corrected chi connectivity index (χ3v) is 6.78. The first-order valence-corrected chi connectivity index (χ1v) is 11.5. The van der Waals surface area contributed by atoms with Gasteiger partial charge in [-0.1, -0.05) is 24.3 Å². The van der Waals surface area contributed by atoms with Crippen molar-refractivity contribution in [3.8, 4) is 16.9 Å². The highest BCUT2D eigenvalue weighted by Crippen LogP contribution is 2.39. The minimum atomic E-state index is 0.298. The van der Waals surface area contributed by atoms with Gasteiger partial charge in [0.05, 0.1) is 12.5 Å². The van der Waals surface area contributed by atoms with Crippen LogP contribution in [0.4, 0.5) is 11.5 Å². The molecule has 0 aliphatic carbocycles. The van der Waals surface area contributed by atoms with E-state index in [0.29, 0.717) is 5.28 Å². The van der Waals surface area contributed by atoms with Gasteiger partial charge in [0.1, 0.15) is 16.4 Å². The van der Waals surface area contributed by atoms with Crippen LogP contribution in [0, 0.1) is 6.92 Å². The zero-order chi connectivity index (χ0) is 21.4. The molecule has 1 aliphatic rings. The number of thiophene rings is 1. The Balaban J connectivity index is 1.47. The molecule has 1 fully saturated rings. The van der Waals surface area contributed by atoms with Crippen LogP contribution in [-0.2, 0) is 0 Å². The van der Waals surface area contributed by atoms with Crippen LogP contribution in [0.3, 0.4) is 0 Å². The minimum absolute atomic E-state index is 0.298. The van der Waals surface area contributed by atoms with Crippen molar-refractivity contribution in [2.75, 3.05) is 43.1 Å². The van der Waals surface area contributed by atoms with E-state index in [1.165, 1.54) is 11.3 Å². The predicted molar refractivity (Wildman–Crippen MR) is 130 cm³/mol. The van der Waals surface area contributed by atoms with Gasteiger partial charge >= 0.3 is 0 Å². The summed E-state index contributed by atoms with van der Waals surface area (Å²) in [5.74, 6) is 1.76. The highest BCUT2D eigenvalue weighted by molar-refractivity contribution is 7.17. The van der Waals surface area contributed by atoms with E-state index in [1.54, 1.807) is 18.4 Å². The highest BCUT2D eigenvalue weighted by Gasteiger charge is 2.23. The molecule has 2 aromatic heterocycles. The largest absolute Gasteiger partial charge is 0.497 e. The van der Waals surface area contributed by atoms with Crippen LogP contribution < -0.4 is 14.5 Å². The number of methoxy groups -OCH3 is 1. The van der Waals surface area contributed by atoms with E-state index in [-0.39, 0.29) is 0 Å². The number of ether oxygens (including phenoxy) is 1. The van der Waals surface area contributed by atoms with Crippen LogP contribution in [0.5, 0.6) is 5.75 Å². The van der Waals surface area contributed by atoms with Gasteiger partial charge in [0, 0.05) is 42.8 Å². The van der Waals surface area contributed by atoms with Gasteiger partial charge in [-0.15, -0.1) is 11.3 Å². The third kappa shape index (κ3) is 3.93. The van der Waals surface area contributed by atoms with Crippen LogP contribution >= 0.6 is 22.9 Å². The average molecular weight is 451 g/mol. The summed E-state index contributed by atoms with van der Waals surface area (Å²) >= 11 is 7.92. The molecule has 1 aliphatic heterocycles. The summed E-state index contributed by atoms with van der Waals surface area (Å²) < 4.78 is 5.31. The van der Waals surface area contributed by atoms with E-state index >= 15 is 0 Å². The van der Waals surface area contributed by atoms with Crippen molar-refractivity contribution >= 4 is 44.7 Å². The van der Waals surface area contributed by atoms with Crippen molar-refractivity contribution in [1.82, 2.24) is 9.97 Å². The van der Waals surface area contributed by atoms with Gasteiger partial charge in [-0.3, -0.25) is 0 Å². The maximum atomic E-state index is 6.31. The lowest BCUT2D eigenvalue weighted by molar-refractivity contribution is 0.415. The van der Waals surface area contributed by atoms with Crippen LogP contribution in [0.2, 0.25) is 5.28 Å². The van der Waals surface area contributed by atoms with E-state index in [1.807, 2.05) is 12.1 Å². The Morgan fingerprint density at radius 3 is 2.42 bits per heavy atom. The molecule has 0 bridgehead atoms. The van der Waals surface area contributed by atoms with Gasteiger partial charge in [-0.25, -0.2) is 4.98 Å². The van der Waals surface area contributed by atoms with Crippen LogP contribution in [0.15, 0.2) is 53.9 Å². The zero-order valence-corrected chi connectivity index (χ0v) is 19.1. The molecule has 158 valence electrons. The van der Waals surface area contributed by atoms with E-state index in [4.69, 9.17) is 16.3 Å². The molecule has 5 rings (SSSR count). The molecule has 7 heteroatoms. The van der Waals surface area contributed by atoms with Crippen molar-refractivity contribution in [3.63, 3.8) is 0 Å². The molecule has 0 atom stereocenters. The smallest absolute Gasteiger partial charge is 0.225 e. The Morgan fingerprint density at radius 1 is 0.968 bits per heavy atom. The molecule has 0 unspecified atom stereocenters. The van der Waals surface area contributed by atoms with Crippen molar-refractivity contribution in [1.29, 1.82) is 0 Å². The maximum Gasteiger partial charge on any atom is 0.225 e. The number of halogens is 1. The molecule has 0 spiro atoms. The lowest BCUT2D eigenvalue weighted by atomic mass is 10.1. The van der Waals surface area contributed by atoms with Crippen molar-refractivity contribution in [2.45, 2.75) is 6.92 Å². The van der Waals surface area contributed by atoms with Crippen molar-refractivity contribution in [3.05, 3.63) is 64.8 Å². The van der Waals surface area contributed by atoms with E-state index in [9.17, 15) is 0 Å². The fraction of sp³-hybridized carbons (Fsp3) is 0.250. The molecule has 4 aromatic rings. The Kier molecular flexibility index (Phi) is 5.42. The number of aryl methyl sites for hydroxylation is 1. The number of hydrogen-bond acceptors (Lipinski definition) is 6. The van der Waals surface area contributed by atoms with Crippen molar-refractivity contribution in [2.24, 2.45) is 0 Å². The van der Waals surface area contributed by atoms with Crippen LogP contribution in [-0.4, -0.2) is 43.3 Å². The van der Waals surface area contributed by atoms with Crippen LogP contribution in [0.25, 0.3) is 21.3 Å². The molecule has 2 aromatic carbocycles. The third-order valence-electron chi connectivity index (χ3n) is 5.73. The SMILES string of the molecule is COc1ccc(-c2csc3nc(Cl)nc(N4CCN(c5cccc(C)c5)CC4)c23)cc1. The summed E-state index contributed by atoms with van der Waals surface area (Å²) in [4.78, 5) is 14.9. The second kappa shape index (κ2) is 8.36. The molecule has 31 heavy (non-hydrogen) atoms. The van der Waals surface area contributed by atoms with Gasteiger partial charge in [0.15, 0.2) is 0 Å². The predicted octanol–water partition coefficient (Wildman–Crippen LogP) is 5.66. The quantitative estimate of drug-likeness (QED) is 0.375. The second-order valence-corrected chi connectivity index (χ2v) is 8.88. The molecule has 0 saturated carbocycles. The lowest BCUT2D eigenvalue weighted by Gasteiger charge is -2.37. The van der Waals surface area contributed by atoms with E-state index < -0.39 is 0 Å². The first-order valence-electron chi connectivity index (χ1n) is 10.3. The summed E-state index contributed by atoms with van der Waals surface area (Å²) in [5.41, 5.74) is 4.82. The van der Waals surface area contributed by atoms with Gasteiger partial charge < -0.3 is 14.5 Å². The minimum Gasteiger partial charge on any atom is -0.497 e. The molecular weight excluding hydrogens is 428 g/mol. The van der Waals surface area contributed by atoms with Gasteiger partial charge in [0.25, 0.3) is 0 Å². The number of hydrogen-bond donors (Lipinski definition) is 0. The Morgan fingerprint density at radius 2 is 1.71 bits per heavy atom. The summed E-state index contributed by atoms with van der Waals surface area (Å²) in [5, 5.41) is 3.51.